The monoisotopic (exact) mass is 451 g/mol. The zero-order valence-electron chi connectivity index (χ0n) is 20.3. The molecule has 2 saturated heterocycles. The lowest BCUT2D eigenvalue weighted by Gasteiger charge is -2.49. The fraction of sp³-hybridized carbons (Fsp3) is 0.536. The zero-order chi connectivity index (χ0) is 23.4. The second-order valence-corrected chi connectivity index (χ2v) is 10.7. The summed E-state index contributed by atoms with van der Waals surface area (Å²) in [5.41, 5.74) is 2.25. The van der Waals surface area contributed by atoms with Crippen molar-refractivity contribution in [3.05, 3.63) is 71.5 Å². The maximum Gasteiger partial charge on any atom is 0.223 e. The largest absolute Gasteiger partial charge is 0.337 e. The Bertz CT molecular complexity index is 903. The number of amides is 1. The van der Waals surface area contributed by atoms with E-state index in [-0.39, 0.29) is 23.3 Å². The number of rotatable bonds is 5. The summed E-state index contributed by atoms with van der Waals surface area (Å²) in [6.45, 7) is 11.1. The summed E-state index contributed by atoms with van der Waals surface area (Å²) in [6, 6.07) is 17.5. The van der Waals surface area contributed by atoms with Crippen LogP contribution in [-0.4, -0.2) is 54.5 Å². The van der Waals surface area contributed by atoms with Crippen LogP contribution in [0, 0.1) is 17.2 Å². The number of carbonyl (C=O) groups is 1. The van der Waals surface area contributed by atoms with E-state index < -0.39 is 0 Å². The van der Waals surface area contributed by atoms with Crippen molar-refractivity contribution in [3.8, 4) is 0 Å². The van der Waals surface area contributed by atoms with Crippen molar-refractivity contribution in [1.82, 2.24) is 15.1 Å². The molecule has 2 heterocycles. The molecule has 33 heavy (non-hydrogen) atoms. The van der Waals surface area contributed by atoms with Crippen LogP contribution in [0.2, 0.25) is 0 Å². The van der Waals surface area contributed by atoms with Crippen LogP contribution in [0.1, 0.15) is 57.2 Å². The highest BCUT2D eigenvalue weighted by molar-refractivity contribution is 5.77. The van der Waals surface area contributed by atoms with E-state index in [9.17, 15) is 9.18 Å². The molecule has 0 saturated carbocycles. The molecule has 1 unspecified atom stereocenters. The van der Waals surface area contributed by atoms with E-state index in [4.69, 9.17) is 0 Å². The van der Waals surface area contributed by atoms with Gasteiger partial charge in [-0.15, -0.1) is 0 Å². The second-order valence-electron chi connectivity index (χ2n) is 10.7. The predicted octanol–water partition coefficient (Wildman–Crippen LogP) is 4.86. The Balaban J connectivity index is 1.57. The van der Waals surface area contributed by atoms with Gasteiger partial charge in [0.15, 0.2) is 0 Å². The molecule has 2 fully saturated rings. The number of hydrogen-bond donors (Lipinski definition) is 1. The number of halogens is 1. The third-order valence-electron chi connectivity index (χ3n) is 7.32. The van der Waals surface area contributed by atoms with E-state index in [1.54, 1.807) is 12.1 Å². The fourth-order valence-corrected chi connectivity index (χ4v) is 5.42. The van der Waals surface area contributed by atoms with Crippen LogP contribution in [0.15, 0.2) is 54.6 Å². The average Bonchev–Trinajstić information content (AvgIpc) is 2.81. The Morgan fingerprint density at radius 3 is 2.27 bits per heavy atom. The highest BCUT2D eigenvalue weighted by Crippen LogP contribution is 2.35. The zero-order valence-corrected chi connectivity index (χ0v) is 20.3. The maximum absolute atomic E-state index is 13.7. The van der Waals surface area contributed by atoms with Crippen LogP contribution in [0.3, 0.4) is 0 Å². The van der Waals surface area contributed by atoms with Crippen LogP contribution in [-0.2, 0) is 4.79 Å². The van der Waals surface area contributed by atoms with Gasteiger partial charge in [-0.05, 0) is 60.5 Å². The Kier molecular flexibility index (Phi) is 7.50. The molecular formula is C28H38FN3O. The molecule has 0 bridgehead atoms. The van der Waals surface area contributed by atoms with Gasteiger partial charge in [0.25, 0.3) is 0 Å². The van der Waals surface area contributed by atoms with Crippen molar-refractivity contribution >= 4 is 5.91 Å². The minimum Gasteiger partial charge on any atom is -0.337 e. The van der Waals surface area contributed by atoms with Crippen LogP contribution >= 0.6 is 0 Å². The van der Waals surface area contributed by atoms with Crippen molar-refractivity contribution in [2.24, 2.45) is 11.3 Å². The lowest BCUT2D eigenvalue weighted by molar-refractivity contribution is -0.141. The molecule has 0 aliphatic carbocycles. The third-order valence-corrected chi connectivity index (χ3v) is 7.32. The first-order valence-electron chi connectivity index (χ1n) is 12.4. The quantitative estimate of drug-likeness (QED) is 0.705. The van der Waals surface area contributed by atoms with Crippen molar-refractivity contribution in [2.75, 3.05) is 32.7 Å². The summed E-state index contributed by atoms with van der Waals surface area (Å²) >= 11 is 0. The smallest absolute Gasteiger partial charge is 0.223 e. The minimum atomic E-state index is -0.216. The van der Waals surface area contributed by atoms with Gasteiger partial charge < -0.3 is 10.2 Å². The van der Waals surface area contributed by atoms with Gasteiger partial charge in [0.2, 0.25) is 5.91 Å². The first kappa shape index (κ1) is 23.9. The summed E-state index contributed by atoms with van der Waals surface area (Å²) in [5.74, 6) is 0.583. The van der Waals surface area contributed by atoms with Crippen molar-refractivity contribution in [1.29, 1.82) is 0 Å². The SMILES string of the molecule is CC(C)(C)[C@H]1CN(C(c2ccccc2)c2ccc(F)cc2)CCN1C(=O)CC1CCNCC1. The molecule has 5 heteroatoms. The Morgan fingerprint density at radius 2 is 1.64 bits per heavy atom. The first-order chi connectivity index (χ1) is 15.8. The fourth-order valence-electron chi connectivity index (χ4n) is 5.42. The van der Waals surface area contributed by atoms with Gasteiger partial charge >= 0.3 is 0 Å². The summed E-state index contributed by atoms with van der Waals surface area (Å²) in [6.07, 6.45) is 2.84. The van der Waals surface area contributed by atoms with Gasteiger partial charge in [-0.25, -0.2) is 4.39 Å². The minimum absolute atomic E-state index is 0.0352. The molecule has 0 aromatic heterocycles. The highest BCUT2D eigenvalue weighted by atomic mass is 19.1. The molecule has 2 aliphatic heterocycles. The van der Waals surface area contributed by atoms with E-state index >= 15 is 0 Å². The Hall–Kier alpha value is -2.24. The summed E-state index contributed by atoms with van der Waals surface area (Å²) in [4.78, 5) is 18.1. The van der Waals surface area contributed by atoms with Gasteiger partial charge in [-0.1, -0.05) is 63.2 Å². The number of carbonyl (C=O) groups excluding carboxylic acids is 1. The highest BCUT2D eigenvalue weighted by Gasteiger charge is 2.40. The summed E-state index contributed by atoms with van der Waals surface area (Å²) in [7, 11) is 0. The second kappa shape index (κ2) is 10.4. The van der Waals surface area contributed by atoms with E-state index in [2.05, 4.69) is 60.2 Å². The number of piperidine rings is 1. The van der Waals surface area contributed by atoms with Crippen molar-refractivity contribution < 1.29 is 9.18 Å². The van der Waals surface area contributed by atoms with Crippen molar-refractivity contribution in [2.45, 2.75) is 52.1 Å². The number of nitrogens with one attached hydrogen (secondary N) is 1. The van der Waals surface area contributed by atoms with Crippen LogP contribution in [0.25, 0.3) is 0 Å². The van der Waals surface area contributed by atoms with E-state index in [0.29, 0.717) is 18.2 Å². The van der Waals surface area contributed by atoms with E-state index in [1.165, 1.54) is 5.56 Å². The van der Waals surface area contributed by atoms with Gasteiger partial charge in [-0.2, -0.15) is 0 Å². The molecule has 4 rings (SSSR count). The van der Waals surface area contributed by atoms with Crippen LogP contribution < -0.4 is 5.32 Å². The molecule has 0 radical (unpaired) electrons. The standard InChI is InChI=1S/C28H38FN3O/c1-28(2,3)25-20-31(17-18-32(25)26(33)19-21-13-15-30-16-14-21)27(22-7-5-4-6-8-22)23-9-11-24(29)12-10-23/h4-12,21,25,27,30H,13-20H2,1-3H3/t25-,27?/m1/s1. The normalized spacial score (nSPS) is 21.7. The predicted molar refractivity (Wildman–Crippen MR) is 131 cm³/mol. The molecule has 2 aliphatic rings. The maximum atomic E-state index is 13.7. The van der Waals surface area contributed by atoms with Crippen LogP contribution in [0.5, 0.6) is 0 Å². The Morgan fingerprint density at radius 1 is 1.00 bits per heavy atom. The molecular weight excluding hydrogens is 413 g/mol. The number of nitrogens with zero attached hydrogens (tertiary/aromatic N) is 2. The lowest BCUT2D eigenvalue weighted by Crippen LogP contribution is -2.60. The van der Waals surface area contributed by atoms with Crippen molar-refractivity contribution in [3.63, 3.8) is 0 Å². The molecule has 178 valence electrons. The van der Waals surface area contributed by atoms with Gasteiger partial charge in [0, 0.05) is 32.1 Å². The molecule has 4 nitrogen and oxygen atoms in total. The molecule has 1 amide bonds. The first-order valence-corrected chi connectivity index (χ1v) is 12.4. The summed E-state index contributed by atoms with van der Waals surface area (Å²) < 4.78 is 13.7. The van der Waals surface area contributed by atoms with Gasteiger partial charge in [0.05, 0.1) is 6.04 Å². The average molecular weight is 452 g/mol. The number of piperazine rings is 1. The number of hydrogen-bond acceptors (Lipinski definition) is 3. The van der Waals surface area contributed by atoms with Gasteiger partial charge in [-0.3, -0.25) is 9.69 Å². The number of benzene rings is 2. The molecule has 2 aromatic rings. The topological polar surface area (TPSA) is 35.6 Å². The lowest BCUT2D eigenvalue weighted by atomic mass is 9.82. The van der Waals surface area contributed by atoms with E-state index in [1.807, 2.05) is 18.2 Å². The summed E-state index contributed by atoms with van der Waals surface area (Å²) in [5, 5.41) is 3.40. The van der Waals surface area contributed by atoms with Crippen LogP contribution in [0.4, 0.5) is 4.39 Å². The molecule has 0 spiro atoms. The molecule has 1 N–H and O–H groups in total. The molecule has 2 aromatic carbocycles. The van der Waals surface area contributed by atoms with E-state index in [0.717, 1.165) is 51.1 Å². The van der Waals surface area contributed by atoms with Gasteiger partial charge in [0.1, 0.15) is 5.82 Å². The Labute approximate surface area is 198 Å². The third kappa shape index (κ3) is 5.82. The molecule has 2 atom stereocenters.